The molecule has 1 amide bonds. The number of amides is 1. The predicted octanol–water partition coefficient (Wildman–Crippen LogP) is 2.05. The molecule has 0 bridgehead atoms. The van der Waals surface area contributed by atoms with Crippen molar-refractivity contribution < 1.29 is 14.3 Å². The lowest BCUT2D eigenvalue weighted by atomic mass is 9.83. The Morgan fingerprint density at radius 3 is 2.36 bits per heavy atom. The first-order chi connectivity index (χ1) is 10.3. The molecule has 22 heavy (non-hydrogen) atoms. The predicted molar refractivity (Wildman–Crippen MR) is 88.8 cm³/mol. The second kappa shape index (κ2) is 8.03. The van der Waals surface area contributed by atoms with Crippen molar-refractivity contribution in [1.29, 1.82) is 0 Å². The van der Waals surface area contributed by atoms with Gasteiger partial charge >= 0.3 is 0 Å². The summed E-state index contributed by atoms with van der Waals surface area (Å²) >= 11 is 0. The number of nitrogens with one attached hydrogen (secondary N) is 1. The molecule has 0 heterocycles. The SMILES string of the molecule is COc1ccc(C(C)(C)C(=O)NCCCN(C)C)cc1OC. The van der Waals surface area contributed by atoms with Gasteiger partial charge in [0.25, 0.3) is 0 Å². The van der Waals surface area contributed by atoms with Gasteiger partial charge in [-0.15, -0.1) is 0 Å². The van der Waals surface area contributed by atoms with Crippen molar-refractivity contribution >= 4 is 5.91 Å². The molecule has 0 radical (unpaired) electrons. The summed E-state index contributed by atoms with van der Waals surface area (Å²) in [4.78, 5) is 14.6. The molecule has 1 aromatic rings. The van der Waals surface area contributed by atoms with Gasteiger partial charge in [-0.1, -0.05) is 6.07 Å². The second-order valence-electron chi connectivity index (χ2n) is 6.11. The molecule has 1 rings (SSSR count). The first kappa shape index (κ1) is 18.3. The number of hydrogen-bond donors (Lipinski definition) is 1. The van der Waals surface area contributed by atoms with Crippen LogP contribution in [0, 0.1) is 0 Å². The highest BCUT2D eigenvalue weighted by Gasteiger charge is 2.30. The Labute approximate surface area is 133 Å². The van der Waals surface area contributed by atoms with Crippen LogP contribution in [0.25, 0.3) is 0 Å². The number of carbonyl (C=O) groups excluding carboxylic acids is 1. The molecule has 5 heteroatoms. The summed E-state index contributed by atoms with van der Waals surface area (Å²) in [5, 5.41) is 3.01. The van der Waals surface area contributed by atoms with Crippen molar-refractivity contribution in [3.8, 4) is 11.5 Å². The first-order valence-corrected chi connectivity index (χ1v) is 7.48. The van der Waals surface area contributed by atoms with Crippen molar-refractivity contribution in [2.75, 3.05) is 41.4 Å². The van der Waals surface area contributed by atoms with E-state index in [-0.39, 0.29) is 5.91 Å². The number of nitrogens with zero attached hydrogens (tertiary/aromatic N) is 1. The summed E-state index contributed by atoms with van der Waals surface area (Å²) < 4.78 is 10.6. The van der Waals surface area contributed by atoms with Crippen molar-refractivity contribution in [3.63, 3.8) is 0 Å². The third-order valence-electron chi connectivity index (χ3n) is 3.74. The topological polar surface area (TPSA) is 50.8 Å². The minimum Gasteiger partial charge on any atom is -0.493 e. The van der Waals surface area contributed by atoms with Gasteiger partial charge in [-0.2, -0.15) is 0 Å². The molecule has 0 aliphatic heterocycles. The van der Waals surface area contributed by atoms with Crippen LogP contribution < -0.4 is 14.8 Å². The fourth-order valence-electron chi connectivity index (χ4n) is 2.17. The van der Waals surface area contributed by atoms with Crippen LogP contribution in [0.15, 0.2) is 18.2 Å². The Bertz CT molecular complexity index is 499. The maximum atomic E-state index is 12.5. The van der Waals surface area contributed by atoms with E-state index in [1.807, 2.05) is 46.1 Å². The maximum absolute atomic E-state index is 12.5. The monoisotopic (exact) mass is 308 g/mol. The molecule has 5 nitrogen and oxygen atoms in total. The standard InChI is InChI=1S/C17H28N2O3/c1-17(2,16(20)18-10-7-11-19(3)4)13-8-9-14(21-5)15(12-13)22-6/h8-9,12H,7,10-11H2,1-6H3,(H,18,20). The smallest absolute Gasteiger partial charge is 0.230 e. The zero-order valence-corrected chi connectivity index (χ0v) is 14.5. The fourth-order valence-corrected chi connectivity index (χ4v) is 2.17. The average Bonchev–Trinajstić information content (AvgIpc) is 2.50. The Kier molecular flexibility index (Phi) is 6.68. The third kappa shape index (κ3) is 4.63. The zero-order chi connectivity index (χ0) is 16.8. The molecule has 0 fully saturated rings. The number of carbonyl (C=O) groups is 1. The molecule has 0 atom stereocenters. The molecule has 1 aromatic carbocycles. The van der Waals surface area contributed by atoms with Crippen LogP contribution in [0.4, 0.5) is 0 Å². The molecule has 0 spiro atoms. The Balaban J connectivity index is 2.77. The van der Waals surface area contributed by atoms with Crippen LogP contribution in [-0.4, -0.2) is 52.2 Å². The molecule has 0 saturated carbocycles. The number of ether oxygens (including phenoxy) is 2. The zero-order valence-electron chi connectivity index (χ0n) is 14.5. The molecule has 124 valence electrons. The minimum atomic E-state index is -0.627. The van der Waals surface area contributed by atoms with E-state index >= 15 is 0 Å². The van der Waals surface area contributed by atoms with Gasteiger partial charge < -0.3 is 19.7 Å². The number of benzene rings is 1. The van der Waals surface area contributed by atoms with Crippen LogP contribution in [0.3, 0.4) is 0 Å². The van der Waals surface area contributed by atoms with Gasteiger partial charge in [0.2, 0.25) is 5.91 Å². The van der Waals surface area contributed by atoms with Gasteiger partial charge in [0.15, 0.2) is 11.5 Å². The fraction of sp³-hybridized carbons (Fsp3) is 0.588. The molecule has 0 saturated heterocycles. The highest BCUT2D eigenvalue weighted by molar-refractivity contribution is 5.87. The van der Waals surface area contributed by atoms with Gasteiger partial charge in [-0.05, 0) is 58.6 Å². The van der Waals surface area contributed by atoms with Gasteiger partial charge in [0.1, 0.15) is 0 Å². The van der Waals surface area contributed by atoms with Gasteiger partial charge in [-0.3, -0.25) is 4.79 Å². The number of rotatable bonds is 8. The summed E-state index contributed by atoms with van der Waals surface area (Å²) in [6.45, 7) is 5.45. The molecule has 0 aliphatic rings. The molecule has 0 aromatic heterocycles. The summed E-state index contributed by atoms with van der Waals surface area (Å²) in [6.07, 6.45) is 0.931. The normalized spacial score (nSPS) is 11.4. The lowest BCUT2D eigenvalue weighted by Crippen LogP contribution is -2.41. The van der Waals surface area contributed by atoms with E-state index in [9.17, 15) is 4.79 Å². The van der Waals surface area contributed by atoms with E-state index in [0.717, 1.165) is 18.5 Å². The summed E-state index contributed by atoms with van der Waals surface area (Å²) in [5.41, 5.74) is 0.271. The van der Waals surface area contributed by atoms with Crippen LogP contribution in [-0.2, 0) is 10.2 Å². The van der Waals surface area contributed by atoms with Crippen LogP contribution >= 0.6 is 0 Å². The third-order valence-corrected chi connectivity index (χ3v) is 3.74. The van der Waals surface area contributed by atoms with Crippen LogP contribution in [0.1, 0.15) is 25.8 Å². The second-order valence-corrected chi connectivity index (χ2v) is 6.11. The van der Waals surface area contributed by atoms with Crippen molar-refractivity contribution in [2.24, 2.45) is 0 Å². The molecular formula is C17H28N2O3. The van der Waals surface area contributed by atoms with Crippen molar-refractivity contribution in [2.45, 2.75) is 25.7 Å². The first-order valence-electron chi connectivity index (χ1n) is 7.48. The number of hydrogen-bond acceptors (Lipinski definition) is 4. The summed E-state index contributed by atoms with van der Waals surface area (Å²) in [7, 11) is 7.24. The molecule has 0 unspecified atom stereocenters. The van der Waals surface area contributed by atoms with Gasteiger partial charge in [0.05, 0.1) is 19.6 Å². The lowest BCUT2D eigenvalue weighted by molar-refractivity contribution is -0.125. The quantitative estimate of drug-likeness (QED) is 0.747. The Hall–Kier alpha value is -1.75. The van der Waals surface area contributed by atoms with E-state index < -0.39 is 5.41 Å². The van der Waals surface area contributed by atoms with E-state index in [2.05, 4.69) is 10.2 Å². The maximum Gasteiger partial charge on any atom is 0.230 e. The van der Waals surface area contributed by atoms with E-state index in [0.29, 0.717) is 18.0 Å². The lowest BCUT2D eigenvalue weighted by Gasteiger charge is -2.25. The minimum absolute atomic E-state index is 0.0125. The van der Waals surface area contributed by atoms with Crippen molar-refractivity contribution in [3.05, 3.63) is 23.8 Å². The molecule has 1 N–H and O–H groups in total. The van der Waals surface area contributed by atoms with E-state index in [1.54, 1.807) is 14.2 Å². The Morgan fingerprint density at radius 2 is 1.82 bits per heavy atom. The van der Waals surface area contributed by atoms with E-state index in [1.165, 1.54) is 0 Å². The average molecular weight is 308 g/mol. The van der Waals surface area contributed by atoms with Crippen LogP contribution in [0.5, 0.6) is 11.5 Å². The highest BCUT2D eigenvalue weighted by Crippen LogP contribution is 2.33. The van der Waals surface area contributed by atoms with Gasteiger partial charge in [0, 0.05) is 6.54 Å². The largest absolute Gasteiger partial charge is 0.493 e. The van der Waals surface area contributed by atoms with E-state index in [4.69, 9.17) is 9.47 Å². The molecular weight excluding hydrogens is 280 g/mol. The van der Waals surface area contributed by atoms with Gasteiger partial charge in [-0.25, -0.2) is 0 Å². The van der Waals surface area contributed by atoms with Crippen molar-refractivity contribution in [1.82, 2.24) is 10.2 Å². The highest BCUT2D eigenvalue weighted by atomic mass is 16.5. The summed E-state index contributed by atoms with van der Waals surface area (Å²) in [6, 6.07) is 5.59. The molecule has 0 aliphatic carbocycles. The number of methoxy groups -OCH3 is 2. The summed E-state index contributed by atoms with van der Waals surface area (Å²) in [5.74, 6) is 1.31. The Morgan fingerprint density at radius 1 is 1.18 bits per heavy atom. The van der Waals surface area contributed by atoms with Crippen LogP contribution in [0.2, 0.25) is 0 Å².